The summed E-state index contributed by atoms with van der Waals surface area (Å²) in [7, 11) is 0. The minimum absolute atomic E-state index is 0.00259. The minimum Gasteiger partial charge on any atom is -0.458 e. The van der Waals surface area contributed by atoms with Crippen molar-refractivity contribution in [3.05, 3.63) is 23.8 Å². The summed E-state index contributed by atoms with van der Waals surface area (Å²) in [5.74, 6) is 0.226. The molecule has 4 saturated heterocycles. The van der Waals surface area contributed by atoms with Crippen LogP contribution in [0, 0.1) is 22.7 Å². The second-order valence-electron chi connectivity index (χ2n) is 12.9. The van der Waals surface area contributed by atoms with Crippen molar-refractivity contribution in [2.45, 2.75) is 63.6 Å². The van der Waals surface area contributed by atoms with Gasteiger partial charge in [-0.05, 0) is 55.4 Å². The molecule has 5 heterocycles. The number of carbonyl (C=O) groups excluding carboxylic acids is 1. The molecule has 0 spiro atoms. The molecule has 8 nitrogen and oxygen atoms in total. The molecule has 0 amide bonds. The van der Waals surface area contributed by atoms with E-state index in [9.17, 15) is 15.0 Å². The van der Waals surface area contributed by atoms with E-state index in [0.717, 1.165) is 70.9 Å². The number of allylic oxidation sites excluding steroid dienone is 1. The topological polar surface area (TPSA) is 88.5 Å². The Balaban J connectivity index is 1.31. The molecule has 194 valence electrons. The molecule has 8 heteroatoms. The number of esters is 1. The molecule has 35 heavy (non-hydrogen) atoms. The molecule has 6 fully saturated rings. The normalized spacial score (nSPS) is 49.5. The predicted octanol–water partition coefficient (Wildman–Crippen LogP) is 1.12. The van der Waals surface area contributed by atoms with Gasteiger partial charge in [-0.3, -0.25) is 14.7 Å². The number of aliphatic hydroxyl groups excluding tert-OH is 2. The third-order valence-electron chi connectivity index (χ3n) is 10.6. The number of nitrogens with zero attached hydrogens (tertiary/aromatic N) is 3. The van der Waals surface area contributed by atoms with Gasteiger partial charge in [0.25, 0.3) is 0 Å². The van der Waals surface area contributed by atoms with Gasteiger partial charge in [0.05, 0.1) is 43.8 Å². The second-order valence-corrected chi connectivity index (χ2v) is 12.9. The van der Waals surface area contributed by atoms with Crippen LogP contribution in [0.4, 0.5) is 0 Å². The Morgan fingerprint density at radius 3 is 2.40 bits per heavy atom. The molecular weight excluding hydrogens is 444 g/mol. The van der Waals surface area contributed by atoms with Crippen molar-refractivity contribution in [3.63, 3.8) is 0 Å². The summed E-state index contributed by atoms with van der Waals surface area (Å²) < 4.78 is 5.39. The Labute approximate surface area is 209 Å². The van der Waals surface area contributed by atoms with Crippen molar-refractivity contribution in [2.75, 3.05) is 52.9 Å². The van der Waals surface area contributed by atoms with Crippen LogP contribution in [-0.2, 0) is 9.53 Å². The van der Waals surface area contributed by atoms with E-state index in [-0.39, 0.29) is 41.4 Å². The summed E-state index contributed by atoms with van der Waals surface area (Å²) in [4.78, 5) is 20.3. The minimum atomic E-state index is -0.506. The molecular formula is C27H42N4O4. The van der Waals surface area contributed by atoms with Gasteiger partial charge in [0.15, 0.2) is 0 Å². The molecule has 5 aliphatic heterocycles. The summed E-state index contributed by atoms with van der Waals surface area (Å²) in [5, 5.41) is 25.3. The van der Waals surface area contributed by atoms with Gasteiger partial charge in [0, 0.05) is 31.1 Å². The Morgan fingerprint density at radius 1 is 1.17 bits per heavy atom. The van der Waals surface area contributed by atoms with Crippen molar-refractivity contribution in [3.8, 4) is 0 Å². The van der Waals surface area contributed by atoms with Crippen molar-refractivity contribution in [1.29, 1.82) is 0 Å². The number of hydrogen-bond donors (Lipinski definition) is 3. The Bertz CT molecular complexity index is 901. The Kier molecular flexibility index (Phi) is 5.75. The van der Waals surface area contributed by atoms with E-state index in [1.54, 1.807) is 0 Å². The second kappa shape index (κ2) is 8.36. The molecule has 2 saturated carbocycles. The Hall–Kier alpha value is -1.29. The fraction of sp³-hybridized carbons (Fsp3) is 0.815. The van der Waals surface area contributed by atoms with E-state index < -0.39 is 11.5 Å². The number of cyclic esters (lactones) is 1. The summed E-state index contributed by atoms with van der Waals surface area (Å²) >= 11 is 0. The fourth-order valence-electron chi connectivity index (χ4n) is 9.02. The van der Waals surface area contributed by atoms with Gasteiger partial charge >= 0.3 is 5.97 Å². The van der Waals surface area contributed by atoms with Crippen molar-refractivity contribution < 1.29 is 19.7 Å². The highest BCUT2D eigenvalue weighted by Gasteiger charge is 2.58. The van der Waals surface area contributed by atoms with E-state index >= 15 is 0 Å². The number of rotatable bonds is 6. The molecule has 0 aromatic carbocycles. The van der Waals surface area contributed by atoms with Gasteiger partial charge in [0.1, 0.15) is 6.61 Å². The first-order valence-electron chi connectivity index (χ1n) is 13.4. The van der Waals surface area contributed by atoms with Crippen LogP contribution < -0.4 is 5.32 Å². The first-order chi connectivity index (χ1) is 16.7. The van der Waals surface area contributed by atoms with E-state index in [0.29, 0.717) is 13.0 Å². The lowest BCUT2D eigenvalue weighted by molar-refractivity contribution is -0.158. The average molecular weight is 487 g/mol. The quantitative estimate of drug-likeness (QED) is 0.380. The number of hydrogen-bond acceptors (Lipinski definition) is 8. The lowest BCUT2D eigenvalue weighted by atomic mass is 9.46. The van der Waals surface area contributed by atoms with Crippen LogP contribution in [0.3, 0.4) is 0 Å². The van der Waals surface area contributed by atoms with Crippen LogP contribution in [-0.4, -0.2) is 101 Å². The highest BCUT2D eigenvalue weighted by Crippen LogP contribution is 2.62. The third kappa shape index (κ3) is 3.75. The molecule has 0 radical (unpaired) electrons. The van der Waals surface area contributed by atoms with Gasteiger partial charge in [-0.1, -0.05) is 26.0 Å². The largest absolute Gasteiger partial charge is 0.458 e. The van der Waals surface area contributed by atoms with Crippen molar-refractivity contribution in [2.24, 2.45) is 22.7 Å². The molecule has 7 aliphatic rings. The van der Waals surface area contributed by atoms with Crippen LogP contribution in [0.5, 0.6) is 0 Å². The van der Waals surface area contributed by atoms with Crippen molar-refractivity contribution in [1.82, 2.24) is 20.0 Å². The maximum Gasteiger partial charge on any atom is 0.335 e. The molecule has 0 aromatic heterocycles. The third-order valence-corrected chi connectivity index (χ3v) is 10.6. The maximum atomic E-state index is 12.8. The van der Waals surface area contributed by atoms with E-state index in [1.807, 2.05) is 6.08 Å². The van der Waals surface area contributed by atoms with Gasteiger partial charge in [-0.2, -0.15) is 0 Å². The molecule has 4 bridgehead atoms. The number of nitrogens with one attached hydrogen (secondary N) is 1. The summed E-state index contributed by atoms with van der Waals surface area (Å²) in [6.07, 6.45) is 5.74. The highest BCUT2D eigenvalue weighted by atomic mass is 16.5. The molecule has 2 aliphatic carbocycles. The van der Waals surface area contributed by atoms with Crippen LogP contribution in [0.2, 0.25) is 0 Å². The highest BCUT2D eigenvalue weighted by molar-refractivity contribution is 5.91. The zero-order valence-corrected chi connectivity index (χ0v) is 21.3. The zero-order valence-electron chi connectivity index (χ0n) is 21.3. The monoisotopic (exact) mass is 486 g/mol. The molecule has 3 N–H and O–H groups in total. The number of carbonyl (C=O) groups is 1. The lowest BCUT2D eigenvalue weighted by Crippen LogP contribution is -2.80. The SMILES string of the molecule is C=C1CCC2C(C)(CO)C(O)CCC2(C)C1CC(NC12CN3CN(CN(C3)C1)C2)C1=CCOC1=O. The van der Waals surface area contributed by atoms with Gasteiger partial charge in [-0.15, -0.1) is 0 Å². The number of aliphatic hydroxyl groups is 2. The first-order valence-corrected chi connectivity index (χ1v) is 13.4. The number of ether oxygens (including phenoxy) is 1. The van der Waals surface area contributed by atoms with E-state index in [4.69, 9.17) is 4.74 Å². The average Bonchev–Trinajstić information content (AvgIpc) is 3.23. The van der Waals surface area contributed by atoms with Crippen LogP contribution >= 0.6 is 0 Å². The molecule has 6 atom stereocenters. The van der Waals surface area contributed by atoms with E-state index in [1.165, 1.54) is 5.57 Å². The Morgan fingerprint density at radius 2 is 1.83 bits per heavy atom. The summed E-state index contributed by atoms with van der Waals surface area (Å²) in [5.41, 5.74) is 1.37. The standard InChI is InChI=1S/C27H42N4O4/c1-18-4-5-22-25(2,8-6-23(33)26(22,3)14-32)20(18)10-21(19-7-9-35-24(19)34)28-27-11-29-15-30(12-27)17-31(13-27)16-29/h7,20-23,28,32-33H,1,4-6,8-17H2,2-3H3. The van der Waals surface area contributed by atoms with Crippen molar-refractivity contribution >= 4 is 5.97 Å². The zero-order chi connectivity index (χ0) is 24.6. The van der Waals surface area contributed by atoms with Crippen LogP contribution in [0.1, 0.15) is 46.0 Å². The van der Waals surface area contributed by atoms with Gasteiger partial charge in [-0.25, -0.2) is 4.79 Å². The van der Waals surface area contributed by atoms with Crippen LogP contribution in [0.25, 0.3) is 0 Å². The smallest absolute Gasteiger partial charge is 0.335 e. The van der Waals surface area contributed by atoms with Gasteiger partial charge in [0.2, 0.25) is 0 Å². The first kappa shape index (κ1) is 24.1. The van der Waals surface area contributed by atoms with Crippen LogP contribution in [0.15, 0.2) is 23.8 Å². The summed E-state index contributed by atoms with van der Waals surface area (Å²) in [6, 6.07) is -0.102. The predicted molar refractivity (Wildman–Crippen MR) is 132 cm³/mol. The maximum absolute atomic E-state index is 12.8. The van der Waals surface area contributed by atoms with E-state index in [2.05, 4.69) is 40.4 Å². The molecule has 0 aromatic rings. The number of fused-ring (bicyclic) bond motifs is 1. The summed E-state index contributed by atoms with van der Waals surface area (Å²) in [6.45, 7) is 15.4. The van der Waals surface area contributed by atoms with Gasteiger partial charge < -0.3 is 20.3 Å². The fourth-order valence-corrected chi connectivity index (χ4v) is 9.02. The molecule has 7 rings (SSSR count). The molecule has 6 unspecified atom stereocenters. The lowest BCUT2D eigenvalue weighted by Gasteiger charge is -2.62.